The molecule has 0 spiro atoms. The lowest BCUT2D eigenvalue weighted by molar-refractivity contribution is -0.113. The van der Waals surface area contributed by atoms with Gasteiger partial charge in [0, 0.05) is 17.5 Å². The minimum Gasteiger partial charge on any atom is -0.497 e. The van der Waals surface area contributed by atoms with Gasteiger partial charge in [-0.15, -0.1) is 11.8 Å². The second kappa shape index (κ2) is 8.32. The molecule has 1 N–H and O–H groups in total. The van der Waals surface area contributed by atoms with E-state index in [0.29, 0.717) is 27.3 Å². The summed E-state index contributed by atoms with van der Waals surface area (Å²) in [5.74, 6) is 1.71. The summed E-state index contributed by atoms with van der Waals surface area (Å²) in [5, 5.41) is 3.90. The molecule has 3 nitrogen and oxygen atoms in total. The molecule has 0 unspecified atom stereocenters. The topological polar surface area (TPSA) is 38.3 Å². The highest BCUT2D eigenvalue weighted by atomic mass is 35.5. The van der Waals surface area contributed by atoms with Gasteiger partial charge in [0.2, 0.25) is 5.91 Å². The number of benzene rings is 2. The molecule has 2 aromatic carbocycles. The predicted molar refractivity (Wildman–Crippen MR) is 94.2 cm³/mol. The fraction of sp³-hybridized carbons (Fsp3) is 0.188. The highest BCUT2D eigenvalue weighted by molar-refractivity contribution is 7.99. The van der Waals surface area contributed by atoms with Gasteiger partial charge in [0.15, 0.2) is 0 Å². The van der Waals surface area contributed by atoms with Gasteiger partial charge in [0.1, 0.15) is 5.75 Å². The number of carbonyl (C=O) groups excluding carboxylic acids is 1. The Bertz CT molecular complexity index is 664. The Hall–Kier alpha value is -1.36. The SMILES string of the molecule is COc1cccc(NC(=O)CSCc2ccc(Cl)c(Cl)c2)c1. The molecule has 1 amide bonds. The van der Waals surface area contributed by atoms with Crippen LogP contribution in [0.1, 0.15) is 5.56 Å². The van der Waals surface area contributed by atoms with Gasteiger partial charge >= 0.3 is 0 Å². The van der Waals surface area contributed by atoms with Crippen molar-refractivity contribution in [1.82, 2.24) is 0 Å². The second-order valence-corrected chi connectivity index (χ2v) is 6.32. The Morgan fingerprint density at radius 3 is 2.73 bits per heavy atom. The maximum atomic E-state index is 11.9. The molecular formula is C16H15Cl2NO2S. The van der Waals surface area contributed by atoms with Crippen LogP contribution in [0.25, 0.3) is 0 Å². The number of hydrogen-bond donors (Lipinski definition) is 1. The van der Waals surface area contributed by atoms with Gasteiger partial charge in [-0.2, -0.15) is 0 Å². The summed E-state index contributed by atoms with van der Waals surface area (Å²) >= 11 is 13.3. The van der Waals surface area contributed by atoms with Crippen LogP contribution in [0.15, 0.2) is 42.5 Å². The van der Waals surface area contributed by atoms with Crippen molar-refractivity contribution in [2.45, 2.75) is 5.75 Å². The molecule has 116 valence electrons. The number of nitrogens with one attached hydrogen (secondary N) is 1. The molecule has 0 saturated heterocycles. The molecule has 0 aliphatic heterocycles. The summed E-state index contributed by atoms with van der Waals surface area (Å²) in [5.41, 5.74) is 1.76. The third-order valence-electron chi connectivity index (χ3n) is 2.84. The van der Waals surface area contributed by atoms with Crippen molar-refractivity contribution >= 4 is 46.6 Å². The van der Waals surface area contributed by atoms with Crippen LogP contribution in [-0.2, 0) is 10.5 Å². The van der Waals surface area contributed by atoms with Crippen LogP contribution in [0.4, 0.5) is 5.69 Å². The molecule has 22 heavy (non-hydrogen) atoms. The number of hydrogen-bond acceptors (Lipinski definition) is 3. The number of thioether (sulfide) groups is 1. The molecule has 0 aliphatic rings. The van der Waals surface area contributed by atoms with E-state index in [9.17, 15) is 4.79 Å². The summed E-state index contributed by atoms with van der Waals surface area (Å²) < 4.78 is 5.12. The first kappa shape index (κ1) is 17.0. The van der Waals surface area contributed by atoms with Crippen LogP contribution in [0.5, 0.6) is 5.75 Å². The minimum absolute atomic E-state index is 0.0571. The van der Waals surface area contributed by atoms with Gasteiger partial charge in [-0.05, 0) is 29.8 Å². The van der Waals surface area contributed by atoms with Gasteiger partial charge in [-0.25, -0.2) is 0 Å². The van der Waals surface area contributed by atoms with Crippen LogP contribution in [0.2, 0.25) is 10.0 Å². The molecule has 0 saturated carbocycles. The number of rotatable bonds is 6. The van der Waals surface area contributed by atoms with Crippen LogP contribution >= 0.6 is 35.0 Å². The molecule has 2 aromatic rings. The number of carbonyl (C=O) groups is 1. The van der Waals surface area contributed by atoms with E-state index in [1.807, 2.05) is 30.3 Å². The van der Waals surface area contributed by atoms with Crippen molar-refractivity contribution in [3.05, 3.63) is 58.1 Å². The van der Waals surface area contributed by atoms with E-state index in [1.54, 1.807) is 19.2 Å². The van der Waals surface area contributed by atoms with Crippen LogP contribution in [0.3, 0.4) is 0 Å². The average molecular weight is 356 g/mol. The quantitative estimate of drug-likeness (QED) is 0.802. The zero-order chi connectivity index (χ0) is 15.9. The zero-order valence-electron chi connectivity index (χ0n) is 11.9. The van der Waals surface area contributed by atoms with E-state index in [4.69, 9.17) is 27.9 Å². The zero-order valence-corrected chi connectivity index (χ0v) is 14.3. The average Bonchev–Trinajstić information content (AvgIpc) is 2.51. The third-order valence-corrected chi connectivity index (χ3v) is 4.58. The molecule has 6 heteroatoms. The minimum atomic E-state index is -0.0571. The highest BCUT2D eigenvalue weighted by Gasteiger charge is 2.05. The van der Waals surface area contributed by atoms with E-state index in [-0.39, 0.29) is 5.91 Å². The molecule has 2 rings (SSSR count). The van der Waals surface area contributed by atoms with Crippen molar-refractivity contribution in [3.63, 3.8) is 0 Å². The summed E-state index contributed by atoms with van der Waals surface area (Å²) in [7, 11) is 1.59. The smallest absolute Gasteiger partial charge is 0.234 e. The van der Waals surface area contributed by atoms with Gasteiger partial charge in [0.25, 0.3) is 0 Å². The van der Waals surface area contributed by atoms with Gasteiger partial charge in [-0.1, -0.05) is 35.3 Å². The lowest BCUT2D eigenvalue weighted by Crippen LogP contribution is -2.14. The van der Waals surface area contributed by atoms with Crippen LogP contribution in [0, 0.1) is 0 Å². The summed E-state index contributed by atoms with van der Waals surface area (Å²) in [6.45, 7) is 0. The summed E-state index contributed by atoms with van der Waals surface area (Å²) in [6.07, 6.45) is 0. The van der Waals surface area contributed by atoms with Crippen molar-refractivity contribution in [2.75, 3.05) is 18.2 Å². The highest BCUT2D eigenvalue weighted by Crippen LogP contribution is 2.24. The predicted octanol–water partition coefficient (Wildman–Crippen LogP) is 4.87. The number of methoxy groups -OCH3 is 1. The number of anilines is 1. The Kier molecular flexibility index (Phi) is 6.43. The first-order chi connectivity index (χ1) is 10.6. The molecule has 0 aromatic heterocycles. The number of ether oxygens (including phenoxy) is 1. The van der Waals surface area contributed by atoms with Gasteiger partial charge in [-0.3, -0.25) is 4.79 Å². The normalized spacial score (nSPS) is 10.3. The first-order valence-corrected chi connectivity index (χ1v) is 8.45. The van der Waals surface area contributed by atoms with E-state index in [2.05, 4.69) is 5.32 Å². The Labute approximate surface area is 144 Å². The fourth-order valence-corrected chi connectivity index (χ4v) is 2.88. The van der Waals surface area contributed by atoms with Crippen LogP contribution < -0.4 is 10.1 Å². The van der Waals surface area contributed by atoms with Crippen molar-refractivity contribution in [2.24, 2.45) is 0 Å². The van der Waals surface area contributed by atoms with Crippen molar-refractivity contribution < 1.29 is 9.53 Å². The fourth-order valence-electron chi connectivity index (χ4n) is 1.79. The van der Waals surface area contributed by atoms with E-state index < -0.39 is 0 Å². The lowest BCUT2D eigenvalue weighted by atomic mass is 10.2. The molecule has 0 radical (unpaired) electrons. The molecule has 0 aliphatic carbocycles. The Morgan fingerprint density at radius 2 is 2.00 bits per heavy atom. The maximum Gasteiger partial charge on any atom is 0.234 e. The van der Waals surface area contributed by atoms with Crippen molar-refractivity contribution in [1.29, 1.82) is 0 Å². The van der Waals surface area contributed by atoms with E-state index in [0.717, 1.165) is 11.3 Å². The van der Waals surface area contributed by atoms with E-state index >= 15 is 0 Å². The molecule has 0 fully saturated rings. The van der Waals surface area contributed by atoms with E-state index in [1.165, 1.54) is 11.8 Å². The number of amides is 1. The lowest BCUT2D eigenvalue weighted by Gasteiger charge is -2.07. The summed E-state index contributed by atoms with van der Waals surface area (Å²) in [4.78, 5) is 11.9. The molecule has 0 heterocycles. The third kappa shape index (κ3) is 5.13. The molecular weight excluding hydrogens is 341 g/mol. The van der Waals surface area contributed by atoms with Gasteiger partial charge in [0.05, 0.1) is 22.9 Å². The maximum absolute atomic E-state index is 11.9. The molecule has 0 atom stereocenters. The Morgan fingerprint density at radius 1 is 1.18 bits per heavy atom. The number of halogens is 2. The second-order valence-electron chi connectivity index (χ2n) is 4.52. The largest absolute Gasteiger partial charge is 0.497 e. The molecule has 0 bridgehead atoms. The van der Waals surface area contributed by atoms with Gasteiger partial charge < -0.3 is 10.1 Å². The van der Waals surface area contributed by atoms with Crippen LogP contribution in [-0.4, -0.2) is 18.8 Å². The Balaban J connectivity index is 1.81. The van der Waals surface area contributed by atoms with Crippen molar-refractivity contribution in [3.8, 4) is 5.75 Å². The monoisotopic (exact) mass is 355 g/mol. The summed E-state index contributed by atoms with van der Waals surface area (Å²) in [6, 6.07) is 12.7. The standard InChI is InChI=1S/C16H15Cl2NO2S/c1-21-13-4-2-3-12(8-13)19-16(20)10-22-9-11-5-6-14(17)15(18)7-11/h2-8H,9-10H2,1H3,(H,19,20). The first-order valence-electron chi connectivity index (χ1n) is 6.54.